The van der Waals surface area contributed by atoms with Gasteiger partial charge in [0.2, 0.25) is 5.69 Å². The van der Waals surface area contributed by atoms with Crippen molar-refractivity contribution in [2.75, 3.05) is 0 Å². The zero-order chi connectivity index (χ0) is 12.3. The lowest BCUT2D eigenvalue weighted by Gasteiger charge is -2.05. The highest BCUT2D eigenvalue weighted by Gasteiger charge is 2.08. The van der Waals surface area contributed by atoms with E-state index in [2.05, 4.69) is 0 Å². The molecule has 1 N–H and O–H groups in total. The van der Waals surface area contributed by atoms with E-state index in [0.29, 0.717) is 10.4 Å². The normalized spacial score (nSPS) is 11.5. The number of nitrogens with zero attached hydrogens (tertiary/aromatic N) is 1. The van der Waals surface area contributed by atoms with E-state index in [9.17, 15) is 10.3 Å². The standard InChI is InChI=1S/C13H10ClNO2/c14-12-8-11(16)6-7-13(12)15(17)9-10-4-2-1-3-5-10/h1-9,16H. The fraction of sp³-hybridized carbons (Fsp3) is 0. The van der Waals surface area contributed by atoms with Gasteiger partial charge in [0.15, 0.2) is 6.21 Å². The van der Waals surface area contributed by atoms with E-state index in [1.807, 2.05) is 30.3 Å². The molecule has 2 aromatic rings. The number of phenolic OH excluding ortho intramolecular Hbond substituents is 1. The number of hydrogen-bond acceptors (Lipinski definition) is 2. The third-order valence-electron chi connectivity index (χ3n) is 2.23. The topological polar surface area (TPSA) is 46.3 Å². The first-order valence-electron chi connectivity index (χ1n) is 5.01. The molecular weight excluding hydrogens is 238 g/mol. The van der Waals surface area contributed by atoms with Gasteiger partial charge in [-0.15, -0.1) is 0 Å². The Morgan fingerprint density at radius 1 is 1.12 bits per heavy atom. The van der Waals surface area contributed by atoms with Crippen molar-refractivity contribution in [3.8, 4) is 5.75 Å². The molecule has 86 valence electrons. The molecule has 2 rings (SSSR count). The third kappa shape index (κ3) is 2.77. The van der Waals surface area contributed by atoms with Gasteiger partial charge in [0.1, 0.15) is 10.8 Å². The predicted octanol–water partition coefficient (Wildman–Crippen LogP) is 3.31. The molecule has 0 fully saturated rings. The lowest BCUT2D eigenvalue weighted by atomic mass is 10.2. The van der Waals surface area contributed by atoms with Crippen LogP contribution in [0.5, 0.6) is 5.75 Å². The minimum absolute atomic E-state index is 0.0341. The second-order valence-corrected chi connectivity index (χ2v) is 3.91. The summed E-state index contributed by atoms with van der Waals surface area (Å²) < 4.78 is 0.678. The van der Waals surface area contributed by atoms with Gasteiger partial charge in [-0.25, -0.2) is 0 Å². The zero-order valence-electron chi connectivity index (χ0n) is 8.88. The van der Waals surface area contributed by atoms with Gasteiger partial charge in [-0.3, -0.25) is 0 Å². The van der Waals surface area contributed by atoms with Crippen molar-refractivity contribution in [2.24, 2.45) is 0 Å². The molecule has 0 amide bonds. The summed E-state index contributed by atoms with van der Waals surface area (Å²) in [4.78, 5) is 0. The van der Waals surface area contributed by atoms with Gasteiger partial charge in [0.05, 0.1) is 0 Å². The molecular formula is C13H10ClNO2. The van der Waals surface area contributed by atoms with Gasteiger partial charge < -0.3 is 10.3 Å². The molecule has 0 aliphatic heterocycles. The molecule has 0 radical (unpaired) electrons. The quantitative estimate of drug-likeness (QED) is 0.383. The highest BCUT2D eigenvalue weighted by atomic mass is 35.5. The zero-order valence-corrected chi connectivity index (χ0v) is 9.63. The van der Waals surface area contributed by atoms with Crippen molar-refractivity contribution in [3.05, 3.63) is 64.3 Å². The molecule has 3 nitrogen and oxygen atoms in total. The summed E-state index contributed by atoms with van der Waals surface area (Å²) in [6, 6.07) is 13.4. The summed E-state index contributed by atoms with van der Waals surface area (Å²) in [5.74, 6) is 0.0341. The number of benzene rings is 2. The highest BCUT2D eigenvalue weighted by molar-refractivity contribution is 6.32. The molecule has 0 unspecified atom stereocenters. The molecule has 4 heteroatoms. The van der Waals surface area contributed by atoms with E-state index in [0.717, 1.165) is 5.56 Å². The van der Waals surface area contributed by atoms with Crippen molar-refractivity contribution < 1.29 is 9.85 Å². The maximum absolute atomic E-state index is 11.8. The summed E-state index contributed by atoms with van der Waals surface area (Å²) in [6.07, 6.45) is 1.43. The van der Waals surface area contributed by atoms with E-state index in [-0.39, 0.29) is 10.8 Å². The van der Waals surface area contributed by atoms with E-state index in [4.69, 9.17) is 11.6 Å². The van der Waals surface area contributed by atoms with Gasteiger partial charge in [0.25, 0.3) is 0 Å². The van der Waals surface area contributed by atoms with Crippen LogP contribution in [0.2, 0.25) is 5.02 Å². The van der Waals surface area contributed by atoms with Crippen LogP contribution in [-0.2, 0) is 0 Å². The molecule has 2 aromatic carbocycles. The van der Waals surface area contributed by atoms with Crippen LogP contribution in [0.15, 0.2) is 48.5 Å². The van der Waals surface area contributed by atoms with Crippen molar-refractivity contribution in [3.63, 3.8) is 0 Å². The Hall–Kier alpha value is -2.00. The molecule has 0 atom stereocenters. The fourth-order valence-electron chi connectivity index (χ4n) is 1.42. The van der Waals surface area contributed by atoms with Gasteiger partial charge in [-0.2, -0.15) is 4.74 Å². The molecule has 0 heterocycles. The van der Waals surface area contributed by atoms with Gasteiger partial charge in [-0.05, 0) is 18.2 Å². The lowest BCUT2D eigenvalue weighted by molar-refractivity contribution is -0.354. The maximum Gasteiger partial charge on any atom is 0.235 e. The summed E-state index contributed by atoms with van der Waals surface area (Å²) in [5.41, 5.74) is 1.08. The Morgan fingerprint density at radius 3 is 2.47 bits per heavy atom. The third-order valence-corrected chi connectivity index (χ3v) is 2.54. The smallest absolute Gasteiger partial charge is 0.235 e. The summed E-state index contributed by atoms with van der Waals surface area (Å²) in [6.45, 7) is 0. The number of aromatic hydroxyl groups is 1. The average molecular weight is 248 g/mol. The van der Waals surface area contributed by atoms with Crippen LogP contribution in [0.3, 0.4) is 0 Å². The summed E-state index contributed by atoms with van der Waals surface area (Å²) >= 11 is 5.87. The van der Waals surface area contributed by atoms with Crippen molar-refractivity contribution in [1.82, 2.24) is 0 Å². The highest BCUT2D eigenvalue weighted by Crippen LogP contribution is 2.27. The Bertz CT molecular complexity index is 553. The van der Waals surface area contributed by atoms with Crippen LogP contribution in [0, 0.1) is 5.21 Å². The largest absolute Gasteiger partial charge is 0.618 e. The Labute approximate surface area is 104 Å². The fourth-order valence-corrected chi connectivity index (χ4v) is 1.68. The van der Waals surface area contributed by atoms with Crippen LogP contribution >= 0.6 is 11.6 Å². The molecule has 17 heavy (non-hydrogen) atoms. The van der Waals surface area contributed by atoms with Crippen molar-refractivity contribution in [2.45, 2.75) is 0 Å². The Morgan fingerprint density at radius 2 is 1.82 bits per heavy atom. The van der Waals surface area contributed by atoms with Gasteiger partial charge in [-0.1, -0.05) is 29.8 Å². The van der Waals surface area contributed by atoms with E-state index in [1.54, 1.807) is 0 Å². The summed E-state index contributed by atoms with van der Waals surface area (Å²) in [7, 11) is 0. The Kier molecular flexibility index (Phi) is 3.30. The van der Waals surface area contributed by atoms with Gasteiger partial charge in [0, 0.05) is 17.7 Å². The molecule has 0 spiro atoms. The van der Waals surface area contributed by atoms with Crippen LogP contribution in [0.4, 0.5) is 5.69 Å². The number of hydrogen-bond donors (Lipinski definition) is 1. The molecule has 0 saturated heterocycles. The van der Waals surface area contributed by atoms with Crippen molar-refractivity contribution in [1.29, 1.82) is 0 Å². The SMILES string of the molecule is [O-][N+](=Cc1ccccc1)c1ccc(O)cc1Cl. The first-order valence-corrected chi connectivity index (χ1v) is 5.39. The minimum Gasteiger partial charge on any atom is -0.618 e. The Balaban J connectivity index is 2.37. The lowest BCUT2D eigenvalue weighted by Crippen LogP contribution is -1.99. The first-order chi connectivity index (χ1) is 8.16. The van der Waals surface area contributed by atoms with Gasteiger partial charge >= 0.3 is 0 Å². The van der Waals surface area contributed by atoms with Crippen LogP contribution in [0.25, 0.3) is 0 Å². The molecule has 0 bridgehead atoms. The first kappa shape index (κ1) is 11.5. The van der Waals surface area contributed by atoms with Crippen LogP contribution < -0.4 is 0 Å². The average Bonchev–Trinajstić information content (AvgIpc) is 2.30. The number of rotatable bonds is 2. The molecule has 0 saturated carbocycles. The monoisotopic (exact) mass is 247 g/mol. The molecule has 0 aliphatic carbocycles. The van der Waals surface area contributed by atoms with Crippen molar-refractivity contribution >= 4 is 23.5 Å². The molecule has 0 aliphatic rings. The van der Waals surface area contributed by atoms with E-state index in [1.165, 1.54) is 24.4 Å². The summed E-state index contributed by atoms with van der Waals surface area (Å²) in [5, 5.41) is 21.3. The van der Waals surface area contributed by atoms with E-state index >= 15 is 0 Å². The number of phenols is 1. The van der Waals surface area contributed by atoms with E-state index < -0.39 is 0 Å². The second kappa shape index (κ2) is 4.89. The minimum atomic E-state index is 0.0341. The number of halogens is 1. The maximum atomic E-state index is 11.8. The van der Waals surface area contributed by atoms with Crippen LogP contribution in [-0.4, -0.2) is 16.1 Å². The van der Waals surface area contributed by atoms with Crippen LogP contribution in [0.1, 0.15) is 5.56 Å². The second-order valence-electron chi connectivity index (χ2n) is 3.50. The predicted molar refractivity (Wildman–Crippen MR) is 68.0 cm³/mol. The molecule has 0 aromatic heterocycles.